The fraction of sp³-hybridized carbons (Fsp3) is 0.357. The van der Waals surface area contributed by atoms with Gasteiger partial charge in [0.05, 0.1) is 11.6 Å². The maximum absolute atomic E-state index is 12.5. The lowest BCUT2D eigenvalue weighted by Gasteiger charge is -2.18. The Morgan fingerprint density at radius 3 is 2.62 bits per heavy atom. The van der Waals surface area contributed by atoms with E-state index in [9.17, 15) is 18.0 Å². The lowest BCUT2D eigenvalue weighted by atomic mass is 10.2. The van der Waals surface area contributed by atoms with Crippen LogP contribution < -0.4 is 10.2 Å². The Morgan fingerprint density at radius 1 is 1.29 bits per heavy atom. The predicted octanol–water partition coefficient (Wildman–Crippen LogP) is 2.94. The second kappa shape index (κ2) is 5.77. The molecular formula is C14H14F3NO3. The average Bonchev–Trinajstić information content (AvgIpc) is 2.40. The first kappa shape index (κ1) is 15.4. The molecule has 7 heteroatoms. The summed E-state index contributed by atoms with van der Waals surface area (Å²) in [6.45, 7) is 2.07. The smallest absolute Gasteiger partial charge is 0.404 e. The maximum Gasteiger partial charge on any atom is 0.573 e. The molecule has 0 N–H and O–H groups in total. The monoisotopic (exact) mass is 301 g/mol. The molecule has 0 spiro atoms. The zero-order valence-electron chi connectivity index (χ0n) is 11.5. The molecule has 0 radical (unpaired) electrons. The Hall–Kier alpha value is -2.02. The summed E-state index contributed by atoms with van der Waals surface area (Å²) < 4.78 is 48.1. The van der Waals surface area contributed by atoms with Gasteiger partial charge in [0, 0.05) is 31.3 Å². The van der Waals surface area contributed by atoms with Gasteiger partial charge in [-0.25, -0.2) is 0 Å². The van der Waals surface area contributed by atoms with Crippen LogP contribution in [-0.2, 0) is 11.3 Å². The molecule has 1 aromatic carbocycles. The van der Waals surface area contributed by atoms with E-state index >= 15 is 0 Å². The van der Waals surface area contributed by atoms with Crippen molar-refractivity contribution in [1.82, 2.24) is 4.57 Å². The lowest BCUT2D eigenvalue weighted by Crippen LogP contribution is -2.21. The molecule has 1 atom stereocenters. The Labute approximate surface area is 118 Å². The van der Waals surface area contributed by atoms with Crippen molar-refractivity contribution in [3.63, 3.8) is 0 Å². The minimum atomic E-state index is -4.82. The van der Waals surface area contributed by atoms with Crippen LogP contribution in [0.25, 0.3) is 10.9 Å². The molecule has 0 fully saturated rings. The number of ether oxygens (including phenoxy) is 2. The molecule has 0 saturated heterocycles. The van der Waals surface area contributed by atoms with Crippen LogP contribution in [0.2, 0.25) is 0 Å². The van der Waals surface area contributed by atoms with Gasteiger partial charge in [-0.15, -0.1) is 13.2 Å². The molecule has 2 aromatic rings. The van der Waals surface area contributed by atoms with Crippen molar-refractivity contribution >= 4 is 10.9 Å². The third-order valence-electron chi connectivity index (χ3n) is 3.04. The van der Waals surface area contributed by atoms with Gasteiger partial charge in [-0.05, 0) is 19.1 Å². The Kier molecular flexibility index (Phi) is 4.22. The number of nitrogens with zero attached hydrogens (tertiary/aromatic N) is 1. The lowest BCUT2D eigenvalue weighted by molar-refractivity contribution is -0.274. The Balaban J connectivity index is 2.63. The number of benzene rings is 1. The number of pyridine rings is 1. The first-order valence-electron chi connectivity index (χ1n) is 6.22. The molecule has 2 rings (SSSR count). The first-order chi connectivity index (χ1) is 9.81. The molecule has 0 aliphatic rings. The number of methoxy groups -OCH3 is 1. The summed E-state index contributed by atoms with van der Waals surface area (Å²) in [7, 11) is 1.50. The third kappa shape index (κ3) is 3.55. The van der Waals surface area contributed by atoms with Crippen LogP contribution in [0.5, 0.6) is 5.75 Å². The number of rotatable bonds is 4. The third-order valence-corrected chi connectivity index (χ3v) is 3.04. The van der Waals surface area contributed by atoms with E-state index in [2.05, 4.69) is 4.74 Å². The van der Waals surface area contributed by atoms with Crippen molar-refractivity contribution in [1.29, 1.82) is 0 Å². The van der Waals surface area contributed by atoms with E-state index in [0.29, 0.717) is 6.54 Å². The van der Waals surface area contributed by atoms with Crippen molar-refractivity contribution in [2.75, 3.05) is 7.11 Å². The van der Waals surface area contributed by atoms with E-state index < -0.39 is 12.1 Å². The van der Waals surface area contributed by atoms with E-state index in [0.717, 1.165) is 0 Å². The molecular weight excluding hydrogens is 287 g/mol. The van der Waals surface area contributed by atoms with Gasteiger partial charge in [-0.3, -0.25) is 4.79 Å². The van der Waals surface area contributed by atoms with Gasteiger partial charge < -0.3 is 14.0 Å². The Bertz CT molecular complexity index is 694. The number of para-hydroxylation sites is 1. The highest BCUT2D eigenvalue weighted by atomic mass is 19.4. The second-order valence-corrected chi connectivity index (χ2v) is 4.58. The topological polar surface area (TPSA) is 40.5 Å². The SMILES string of the molecule is CO[C@@H](C)Cn1ccc(=O)c2cccc(OC(F)(F)F)c21. The van der Waals surface area contributed by atoms with E-state index in [1.165, 1.54) is 42.1 Å². The number of hydrogen-bond acceptors (Lipinski definition) is 3. The number of aromatic nitrogens is 1. The molecule has 21 heavy (non-hydrogen) atoms. The van der Waals surface area contributed by atoms with Gasteiger partial charge in [0.15, 0.2) is 11.2 Å². The number of hydrogen-bond donors (Lipinski definition) is 0. The largest absolute Gasteiger partial charge is 0.573 e. The molecule has 1 aromatic heterocycles. The van der Waals surface area contributed by atoms with Gasteiger partial charge in [-0.1, -0.05) is 6.07 Å². The highest BCUT2D eigenvalue weighted by molar-refractivity contribution is 5.84. The number of alkyl halides is 3. The van der Waals surface area contributed by atoms with E-state index in [-0.39, 0.29) is 22.4 Å². The van der Waals surface area contributed by atoms with Gasteiger partial charge >= 0.3 is 6.36 Å². The van der Waals surface area contributed by atoms with E-state index in [4.69, 9.17) is 4.74 Å². The highest BCUT2D eigenvalue weighted by Gasteiger charge is 2.32. The van der Waals surface area contributed by atoms with E-state index in [1.54, 1.807) is 6.92 Å². The fourth-order valence-corrected chi connectivity index (χ4v) is 2.05. The quantitative estimate of drug-likeness (QED) is 0.872. The van der Waals surface area contributed by atoms with Crippen LogP contribution in [0.15, 0.2) is 35.3 Å². The normalized spacial score (nSPS) is 13.4. The molecule has 0 aliphatic carbocycles. The molecule has 4 nitrogen and oxygen atoms in total. The molecule has 114 valence electrons. The highest BCUT2D eigenvalue weighted by Crippen LogP contribution is 2.29. The maximum atomic E-state index is 12.5. The Morgan fingerprint density at radius 2 is 2.00 bits per heavy atom. The van der Waals surface area contributed by atoms with Gasteiger partial charge in [0.1, 0.15) is 0 Å². The standard InChI is InChI=1S/C14H14F3NO3/c1-9(20-2)8-18-7-6-11(19)10-4-3-5-12(13(10)18)21-14(15,16)17/h3-7,9H,8H2,1-2H3/t9-/m0/s1. The van der Waals surface area contributed by atoms with Gasteiger partial charge in [0.2, 0.25) is 0 Å². The zero-order valence-corrected chi connectivity index (χ0v) is 11.5. The summed E-state index contributed by atoms with van der Waals surface area (Å²) >= 11 is 0. The van der Waals surface area contributed by atoms with Gasteiger partial charge in [0.25, 0.3) is 0 Å². The molecule has 0 amide bonds. The van der Waals surface area contributed by atoms with Crippen LogP contribution in [0.3, 0.4) is 0 Å². The van der Waals surface area contributed by atoms with Crippen LogP contribution >= 0.6 is 0 Å². The van der Waals surface area contributed by atoms with Crippen LogP contribution in [-0.4, -0.2) is 24.1 Å². The summed E-state index contributed by atoms with van der Waals surface area (Å²) in [6.07, 6.45) is -3.61. The summed E-state index contributed by atoms with van der Waals surface area (Å²) in [5, 5.41) is 0.169. The van der Waals surface area contributed by atoms with Crippen LogP contribution in [0, 0.1) is 0 Å². The fourth-order valence-electron chi connectivity index (χ4n) is 2.05. The summed E-state index contributed by atoms with van der Waals surface area (Å²) in [4.78, 5) is 11.8. The van der Waals surface area contributed by atoms with Crippen molar-refractivity contribution < 1.29 is 22.6 Å². The van der Waals surface area contributed by atoms with Gasteiger partial charge in [-0.2, -0.15) is 0 Å². The summed E-state index contributed by atoms with van der Waals surface area (Å²) in [5.41, 5.74) is -0.259. The number of fused-ring (bicyclic) bond motifs is 1. The summed E-state index contributed by atoms with van der Waals surface area (Å²) in [5.74, 6) is -0.402. The summed E-state index contributed by atoms with van der Waals surface area (Å²) in [6, 6.07) is 5.31. The molecule has 1 heterocycles. The molecule has 0 unspecified atom stereocenters. The van der Waals surface area contributed by atoms with Crippen molar-refractivity contribution in [2.24, 2.45) is 0 Å². The van der Waals surface area contributed by atoms with Crippen molar-refractivity contribution in [3.05, 3.63) is 40.7 Å². The van der Waals surface area contributed by atoms with E-state index in [1.807, 2.05) is 0 Å². The second-order valence-electron chi connectivity index (χ2n) is 4.58. The molecule has 0 saturated carbocycles. The number of halogens is 3. The molecule has 0 bridgehead atoms. The molecule has 0 aliphatic heterocycles. The van der Waals surface area contributed by atoms with Crippen molar-refractivity contribution in [2.45, 2.75) is 25.9 Å². The zero-order chi connectivity index (χ0) is 15.6. The van der Waals surface area contributed by atoms with Crippen LogP contribution in [0.4, 0.5) is 13.2 Å². The average molecular weight is 301 g/mol. The van der Waals surface area contributed by atoms with Crippen molar-refractivity contribution in [3.8, 4) is 5.75 Å². The first-order valence-corrected chi connectivity index (χ1v) is 6.22. The minimum absolute atomic E-state index is 0.103. The predicted molar refractivity (Wildman–Crippen MR) is 71.4 cm³/mol. The minimum Gasteiger partial charge on any atom is -0.404 e. The van der Waals surface area contributed by atoms with Crippen LogP contribution in [0.1, 0.15) is 6.92 Å².